The van der Waals surface area contributed by atoms with Gasteiger partial charge in [-0.25, -0.2) is 0 Å². The molecule has 0 radical (unpaired) electrons. The van der Waals surface area contributed by atoms with Crippen molar-refractivity contribution < 1.29 is 14.4 Å². The number of benzene rings is 2. The average molecular weight is 379 g/mol. The van der Waals surface area contributed by atoms with Crippen LogP contribution in [-0.4, -0.2) is 36.2 Å². The third-order valence-corrected chi connectivity index (χ3v) is 4.53. The second-order valence-corrected chi connectivity index (χ2v) is 6.74. The molecule has 0 spiro atoms. The maximum Gasteiger partial charge on any atom is 0.265 e. The largest absolute Gasteiger partial charge is 0.382 e. The Kier molecular flexibility index (Phi) is 6.78. The van der Waals surface area contributed by atoms with Crippen LogP contribution in [-0.2, 0) is 20.8 Å². The SMILES string of the molecule is CCCNC(=O)[C@H](Cc1ccccc1)NC(=O)[C@@H]1CC(c2ccccc2)=NO1. The summed E-state index contributed by atoms with van der Waals surface area (Å²) >= 11 is 0. The molecule has 2 aromatic carbocycles. The van der Waals surface area contributed by atoms with Gasteiger partial charge in [0.2, 0.25) is 12.0 Å². The highest BCUT2D eigenvalue weighted by Crippen LogP contribution is 2.17. The number of nitrogens with zero attached hydrogens (tertiary/aromatic N) is 1. The van der Waals surface area contributed by atoms with E-state index in [9.17, 15) is 9.59 Å². The van der Waals surface area contributed by atoms with E-state index in [0.29, 0.717) is 19.4 Å². The molecule has 6 nitrogen and oxygen atoms in total. The van der Waals surface area contributed by atoms with E-state index in [1.165, 1.54) is 0 Å². The van der Waals surface area contributed by atoms with Gasteiger partial charge in [-0.1, -0.05) is 72.7 Å². The second-order valence-electron chi connectivity index (χ2n) is 6.74. The summed E-state index contributed by atoms with van der Waals surface area (Å²) in [4.78, 5) is 30.6. The van der Waals surface area contributed by atoms with Crippen LogP contribution in [0.5, 0.6) is 0 Å². The van der Waals surface area contributed by atoms with E-state index in [2.05, 4.69) is 15.8 Å². The first-order valence-electron chi connectivity index (χ1n) is 9.57. The lowest BCUT2D eigenvalue weighted by Gasteiger charge is -2.20. The maximum absolute atomic E-state index is 12.7. The Morgan fingerprint density at radius 2 is 1.79 bits per heavy atom. The minimum Gasteiger partial charge on any atom is -0.382 e. The zero-order valence-electron chi connectivity index (χ0n) is 15.9. The molecule has 0 unspecified atom stereocenters. The molecule has 2 aromatic rings. The minimum absolute atomic E-state index is 0.193. The Hall–Kier alpha value is -3.15. The van der Waals surface area contributed by atoms with E-state index in [1.807, 2.05) is 67.6 Å². The molecule has 1 heterocycles. The quantitative estimate of drug-likeness (QED) is 0.739. The fourth-order valence-electron chi connectivity index (χ4n) is 3.01. The van der Waals surface area contributed by atoms with Crippen LogP contribution in [0.3, 0.4) is 0 Å². The number of oxime groups is 1. The van der Waals surface area contributed by atoms with Crippen molar-refractivity contribution in [1.82, 2.24) is 10.6 Å². The van der Waals surface area contributed by atoms with Gasteiger partial charge >= 0.3 is 0 Å². The smallest absolute Gasteiger partial charge is 0.265 e. The van der Waals surface area contributed by atoms with Crippen LogP contribution >= 0.6 is 0 Å². The van der Waals surface area contributed by atoms with Crippen molar-refractivity contribution in [3.05, 3.63) is 71.8 Å². The number of hydrogen-bond donors (Lipinski definition) is 2. The van der Waals surface area contributed by atoms with Crippen LogP contribution in [0.15, 0.2) is 65.8 Å². The number of amides is 2. The van der Waals surface area contributed by atoms with Crippen LogP contribution < -0.4 is 10.6 Å². The van der Waals surface area contributed by atoms with Gasteiger partial charge in [-0.2, -0.15) is 0 Å². The Bertz CT molecular complexity index is 821. The number of carbonyl (C=O) groups excluding carboxylic acids is 2. The van der Waals surface area contributed by atoms with E-state index in [0.717, 1.165) is 23.3 Å². The third kappa shape index (κ3) is 5.19. The van der Waals surface area contributed by atoms with Crippen LogP contribution in [0, 0.1) is 0 Å². The fraction of sp³-hybridized carbons (Fsp3) is 0.318. The number of nitrogens with one attached hydrogen (secondary N) is 2. The van der Waals surface area contributed by atoms with Crippen molar-refractivity contribution in [3.63, 3.8) is 0 Å². The van der Waals surface area contributed by atoms with Crippen molar-refractivity contribution in [2.75, 3.05) is 6.54 Å². The Morgan fingerprint density at radius 1 is 1.11 bits per heavy atom. The highest BCUT2D eigenvalue weighted by Gasteiger charge is 2.31. The fourth-order valence-corrected chi connectivity index (χ4v) is 3.01. The lowest BCUT2D eigenvalue weighted by Crippen LogP contribution is -2.51. The second kappa shape index (κ2) is 9.69. The molecule has 2 N–H and O–H groups in total. The Labute approximate surface area is 165 Å². The summed E-state index contributed by atoms with van der Waals surface area (Å²) in [5.74, 6) is -0.525. The first-order valence-corrected chi connectivity index (χ1v) is 9.57. The zero-order chi connectivity index (χ0) is 19.8. The summed E-state index contributed by atoms with van der Waals surface area (Å²) in [5.41, 5.74) is 2.64. The topological polar surface area (TPSA) is 79.8 Å². The van der Waals surface area contributed by atoms with Crippen molar-refractivity contribution in [2.45, 2.75) is 38.3 Å². The molecular formula is C22H25N3O3. The van der Waals surface area contributed by atoms with E-state index >= 15 is 0 Å². The molecule has 6 heteroatoms. The Morgan fingerprint density at radius 3 is 2.46 bits per heavy atom. The predicted molar refractivity (Wildman–Crippen MR) is 108 cm³/mol. The number of rotatable bonds is 8. The van der Waals surface area contributed by atoms with Crippen LogP contribution in [0.2, 0.25) is 0 Å². The summed E-state index contributed by atoms with van der Waals surface area (Å²) in [6.07, 6.45) is 0.899. The lowest BCUT2D eigenvalue weighted by molar-refractivity contribution is -0.135. The predicted octanol–water partition coefficient (Wildman–Crippen LogP) is 2.43. The summed E-state index contributed by atoms with van der Waals surface area (Å²) < 4.78 is 0. The van der Waals surface area contributed by atoms with E-state index < -0.39 is 12.1 Å². The normalized spacial score (nSPS) is 16.6. The first-order chi connectivity index (χ1) is 13.7. The van der Waals surface area contributed by atoms with Gasteiger partial charge in [-0.05, 0) is 17.5 Å². The molecule has 2 amide bonds. The number of hydrogen-bond acceptors (Lipinski definition) is 4. The van der Waals surface area contributed by atoms with E-state index in [-0.39, 0.29) is 11.8 Å². The summed E-state index contributed by atoms with van der Waals surface area (Å²) in [6, 6.07) is 18.6. The molecule has 0 saturated carbocycles. The summed E-state index contributed by atoms with van der Waals surface area (Å²) in [7, 11) is 0. The zero-order valence-corrected chi connectivity index (χ0v) is 15.9. The van der Waals surface area contributed by atoms with Crippen LogP contribution in [0.4, 0.5) is 0 Å². The number of carbonyl (C=O) groups is 2. The van der Waals surface area contributed by atoms with Gasteiger partial charge in [0, 0.05) is 19.4 Å². The van der Waals surface area contributed by atoms with E-state index in [1.54, 1.807) is 0 Å². The van der Waals surface area contributed by atoms with E-state index in [4.69, 9.17) is 4.84 Å². The average Bonchev–Trinajstić information content (AvgIpc) is 3.23. The maximum atomic E-state index is 12.7. The van der Waals surface area contributed by atoms with Gasteiger partial charge < -0.3 is 15.5 Å². The van der Waals surface area contributed by atoms with Gasteiger partial charge in [0.05, 0.1) is 5.71 Å². The standard InChI is InChI=1S/C22H25N3O3/c1-2-13-23-21(26)19(14-16-9-5-3-6-10-16)24-22(27)20-15-18(25-28-20)17-11-7-4-8-12-17/h3-12,19-20H,2,13-15H2,1H3,(H,23,26)(H,24,27)/t19-,20-/m0/s1. The van der Waals surface area contributed by atoms with Gasteiger partial charge in [0.15, 0.2) is 0 Å². The lowest BCUT2D eigenvalue weighted by atomic mass is 10.0. The molecule has 2 atom stereocenters. The van der Waals surface area contributed by atoms with Gasteiger partial charge in [0.1, 0.15) is 6.04 Å². The van der Waals surface area contributed by atoms with Crippen molar-refractivity contribution >= 4 is 17.5 Å². The van der Waals surface area contributed by atoms with Gasteiger partial charge in [-0.15, -0.1) is 0 Å². The molecule has 146 valence electrons. The monoisotopic (exact) mass is 379 g/mol. The van der Waals surface area contributed by atoms with Gasteiger partial charge in [0.25, 0.3) is 5.91 Å². The molecule has 0 bridgehead atoms. The van der Waals surface area contributed by atoms with Crippen LogP contribution in [0.25, 0.3) is 0 Å². The first kappa shape index (κ1) is 19.6. The van der Waals surface area contributed by atoms with Crippen molar-refractivity contribution in [1.29, 1.82) is 0 Å². The van der Waals surface area contributed by atoms with Crippen molar-refractivity contribution in [3.8, 4) is 0 Å². The highest BCUT2D eigenvalue weighted by atomic mass is 16.6. The van der Waals surface area contributed by atoms with Gasteiger partial charge in [-0.3, -0.25) is 9.59 Å². The molecule has 28 heavy (non-hydrogen) atoms. The molecule has 0 aliphatic carbocycles. The molecular weight excluding hydrogens is 354 g/mol. The summed E-state index contributed by atoms with van der Waals surface area (Å²) in [5, 5.41) is 9.75. The molecule has 3 rings (SSSR count). The molecule has 1 aliphatic heterocycles. The summed E-state index contributed by atoms with van der Waals surface area (Å²) in [6.45, 7) is 2.56. The molecule has 1 aliphatic rings. The van der Waals surface area contributed by atoms with Crippen LogP contribution in [0.1, 0.15) is 30.9 Å². The van der Waals surface area contributed by atoms with Crippen molar-refractivity contribution in [2.24, 2.45) is 5.16 Å². The molecule has 0 aromatic heterocycles. The minimum atomic E-state index is -0.729. The highest BCUT2D eigenvalue weighted by molar-refractivity contribution is 6.04. The Balaban J connectivity index is 1.63. The molecule has 0 saturated heterocycles. The molecule has 0 fully saturated rings. The third-order valence-electron chi connectivity index (χ3n) is 4.53.